The van der Waals surface area contributed by atoms with Gasteiger partial charge in [0, 0.05) is 11.5 Å². The lowest BCUT2D eigenvalue weighted by atomic mass is 9.65. The molecule has 2 fully saturated rings. The maximum absolute atomic E-state index is 2.65. The fourth-order valence-corrected chi connectivity index (χ4v) is 4.54. The molecule has 0 amide bonds. The van der Waals surface area contributed by atoms with Crippen LogP contribution in [0.5, 0.6) is 0 Å². The van der Waals surface area contributed by atoms with E-state index in [9.17, 15) is 0 Å². The van der Waals surface area contributed by atoms with Crippen molar-refractivity contribution in [2.24, 2.45) is 17.9 Å². The highest BCUT2D eigenvalue weighted by Gasteiger charge is 2.53. The first-order chi connectivity index (χ1) is 8.39. The van der Waals surface area contributed by atoms with Crippen LogP contribution in [-0.2, 0) is 7.05 Å². The van der Waals surface area contributed by atoms with Crippen molar-refractivity contribution in [3.05, 3.63) is 24.4 Å². The summed E-state index contributed by atoms with van der Waals surface area (Å²) >= 11 is 0. The molecule has 0 spiro atoms. The summed E-state index contributed by atoms with van der Waals surface area (Å²) in [5.74, 6) is 1.38. The van der Waals surface area contributed by atoms with Gasteiger partial charge in [-0.15, -0.1) is 0 Å². The van der Waals surface area contributed by atoms with Crippen molar-refractivity contribution in [2.45, 2.75) is 46.1 Å². The third-order valence-electron chi connectivity index (χ3n) is 4.74. The number of aromatic nitrogens is 1. The highest BCUT2D eigenvalue weighted by molar-refractivity contribution is 5.38. The number of aryl methyl sites for hydroxylation is 1. The summed E-state index contributed by atoms with van der Waals surface area (Å²) in [7, 11) is 2.16. The van der Waals surface area contributed by atoms with Crippen molar-refractivity contribution in [1.29, 1.82) is 0 Å². The van der Waals surface area contributed by atoms with Gasteiger partial charge in [0.1, 0.15) is 0 Å². The van der Waals surface area contributed by atoms with Crippen LogP contribution in [0, 0.1) is 10.8 Å². The van der Waals surface area contributed by atoms with Gasteiger partial charge < -0.3 is 0 Å². The Morgan fingerprint density at radius 1 is 1.22 bits per heavy atom. The van der Waals surface area contributed by atoms with E-state index in [-0.39, 0.29) is 0 Å². The van der Waals surface area contributed by atoms with E-state index in [4.69, 9.17) is 0 Å². The van der Waals surface area contributed by atoms with Crippen molar-refractivity contribution in [3.8, 4) is 0 Å². The largest absolute Gasteiger partial charge is 0.276 e. The van der Waals surface area contributed by atoms with E-state index in [1.54, 1.807) is 0 Å². The monoisotopic (exact) mass is 245 g/mol. The predicted molar refractivity (Wildman–Crippen MR) is 74.5 cm³/mol. The lowest BCUT2D eigenvalue weighted by molar-refractivity contribution is -0.659. The highest BCUT2D eigenvalue weighted by Crippen LogP contribution is 2.52. The third kappa shape index (κ3) is 1.92. The molecule has 1 aliphatic carbocycles. The predicted octanol–water partition coefficient (Wildman–Crippen LogP) is 2.92. The van der Waals surface area contributed by atoms with Gasteiger partial charge in [-0.25, -0.2) is 4.57 Å². The van der Waals surface area contributed by atoms with Gasteiger partial charge in [-0.1, -0.05) is 26.8 Å². The molecule has 1 saturated carbocycles. The molecule has 98 valence electrons. The molecule has 2 heterocycles. The summed E-state index contributed by atoms with van der Waals surface area (Å²) in [4.78, 5) is 2.65. The number of fused-ring (bicyclic) bond motifs is 2. The second-order valence-corrected chi connectivity index (χ2v) is 7.51. The molecule has 2 heteroatoms. The van der Waals surface area contributed by atoms with Gasteiger partial charge in [0.2, 0.25) is 0 Å². The molecule has 1 aliphatic heterocycles. The van der Waals surface area contributed by atoms with Gasteiger partial charge in [0.25, 0.3) is 5.82 Å². The minimum Gasteiger partial charge on any atom is -0.258 e. The van der Waals surface area contributed by atoms with Crippen molar-refractivity contribution in [1.82, 2.24) is 0 Å². The molecule has 0 unspecified atom stereocenters. The third-order valence-corrected chi connectivity index (χ3v) is 4.74. The Morgan fingerprint density at radius 2 is 2.00 bits per heavy atom. The second-order valence-electron chi connectivity index (χ2n) is 7.51. The average molecular weight is 245 g/mol. The molecule has 0 aromatic carbocycles. The van der Waals surface area contributed by atoms with Gasteiger partial charge >= 0.3 is 0 Å². The Labute approximate surface area is 111 Å². The molecule has 0 radical (unpaired) electrons. The Hall–Kier alpha value is -1.05. The van der Waals surface area contributed by atoms with Crippen molar-refractivity contribution < 1.29 is 4.57 Å². The minimum atomic E-state index is 0.500. The van der Waals surface area contributed by atoms with Crippen LogP contribution in [0.1, 0.15) is 40.0 Å². The van der Waals surface area contributed by atoms with Crippen molar-refractivity contribution in [3.63, 3.8) is 0 Å². The maximum atomic E-state index is 2.65. The number of hydrogen-bond acceptors (Lipinski definition) is 1. The molecule has 3 rings (SSSR count). The van der Waals surface area contributed by atoms with Crippen LogP contribution < -0.4 is 9.47 Å². The molecular weight excluding hydrogens is 220 g/mol. The zero-order valence-electron chi connectivity index (χ0n) is 12.1. The first kappa shape index (κ1) is 12.0. The van der Waals surface area contributed by atoms with E-state index >= 15 is 0 Å². The molecule has 1 aromatic heterocycles. The van der Waals surface area contributed by atoms with Crippen LogP contribution in [-0.4, -0.2) is 12.6 Å². The first-order valence-electron chi connectivity index (χ1n) is 7.10. The molecule has 2 nitrogen and oxygen atoms in total. The number of nitrogens with zero attached hydrogens (tertiary/aromatic N) is 2. The molecule has 2 bridgehead atoms. The smallest absolute Gasteiger partial charge is 0.258 e. The Balaban J connectivity index is 1.95. The zero-order valence-corrected chi connectivity index (χ0v) is 12.1. The lowest BCUT2D eigenvalue weighted by Gasteiger charge is -2.37. The van der Waals surface area contributed by atoms with Gasteiger partial charge in [-0.3, -0.25) is 4.90 Å². The summed E-state index contributed by atoms with van der Waals surface area (Å²) < 4.78 is 2.26. The van der Waals surface area contributed by atoms with Crippen LogP contribution in [0.4, 0.5) is 5.82 Å². The van der Waals surface area contributed by atoms with E-state index in [1.807, 2.05) is 0 Å². The number of anilines is 1. The van der Waals surface area contributed by atoms with E-state index in [2.05, 4.69) is 61.7 Å². The summed E-state index contributed by atoms with van der Waals surface area (Å²) in [6.07, 6.45) is 6.22. The van der Waals surface area contributed by atoms with Crippen LogP contribution in [0.2, 0.25) is 0 Å². The summed E-state index contributed by atoms with van der Waals surface area (Å²) in [6, 6.07) is 7.26. The number of rotatable bonds is 1. The number of hydrogen-bond donors (Lipinski definition) is 0. The fourth-order valence-electron chi connectivity index (χ4n) is 4.54. The Morgan fingerprint density at radius 3 is 2.72 bits per heavy atom. The second kappa shape index (κ2) is 3.72. The minimum absolute atomic E-state index is 0.500. The molecule has 18 heavy (non-hydrogen) atoms. The highest BCUT2D eigenvalue weighted by atomic mass is 15.3. The van der Waals surface area contributed by atoms with E-state index in [1.165, 1.54) is 31.6 Å². The maximum Gasteiger partial charge on any atom is 0.276 e. The first-order valence-corrected chi connectivity index (χ1v) is 7.10. The molecule has 2 aliphatic rings. The van der Waals surface area contributed by atoms with Gasteiger partial charge in [-0.2, -0.15) is 0 Å². The Kier molecular flexibility index (Phi) is 2.48. The molecule has 0 N–H and O–H groups in total. The molecular formula is C16H25N2+. The summed E-state index contributed by atoms with van der Waals surface area (Å²) in [5, 5.41) is 0. The van der Waals surface area contributed by atoms with Gasteiger partial charge in [0.15, 0.2) is 0 Å². The number of pyridine rings is 1. The molecule has 1 saturated heterocycles. The SMILES string of the molecule is C[n+]1ccccc1N1C[C@@]2(C)C[C@H]1CC(C)(C)C2. The van der Waals surface area contributed by atoms with Crippen molar-refractivity contribution >= 4 is 5.82 Å². The normalized spacial score (nSPS) is 33.8. The zero-order chi connectivity index (χ0) is 13.0. The van der Waals surface area contributed by atoms with Crippen LogP contribution in [0.3, 0.4) is 0 Å². The standard InChI is InChI=1S/C16H25N2/c1-15(2)9-13-10-16(3,11-15)12-18(13)14-7-5-6-8-17(14)4/h5-8,13H,9-12H2,1-4H3/q+1/t13-,16+/m1/s1. The average Bonchev–Trinajstić information content (AvgIpc) is 2.48. The Bertz CT molecular complexity index is 466. The lowest BCUT2D eigenvalue weighted by Crippen LogP contribution is -2.42. The topological polar surface area (TPSA) is 7.12 Å². The van der Waals surface area contributed by atoms with Crippen LogP contribution in [0.25, 0.3) is 0 Å². The van der Waals surface area contributed by atoms with Crippen LogP contribution >= 0.6 is 0 Å². The van der Waals surface area contributed by atoms with Gasteiger partial charge in [-0.05, 0) is 30.7 Å². The van der Waals surface area contributed by atoms with E-state index in [0.29, 0.717) is 10.8 Å². The molecule has 1 aromatic rings. The van der Waals surface area contributed by atoms with E-state index < -0.39 is 0 Å². The van der Waals surface area contributed by atoms with Crippen LogP contribution in [0.15, 0.2) is 24.4 Å². The fraction of sp³-hybridized carbons (Fsp3) is 0.688. The summed E-state index contributed by atoms with van der Waals surface area (Å²) in [6.45, 7) is 8.57. The summed E-state index contributed by atoms with van der Waals surface area (Å²) in [5.41, 5.74) is 1.01. The van der Waals surface area contributed by atoms with E-state index in [0.717, 1.165) is 6.04 Å². The quantitative estimate of drug-likeness (QED) is 0.690. The molecule has 2 atom stereocenters. The van der Waals surface area contributed by atoms with Crippen molar-refractivity contribution in [2.75, 3.05) is 11.4 Å². The van der Waals surface area contributed by atoms with Gasteiger partial charge in [0.05, 0.1) is 25.8 Å².